The van der Waals surface area contributed by atoms with Gasteiger partial charge in [0.1, 0.15) is 23.9 Å². The maximum Gasteiger partial charge on any atom is 0.331 e. The Morgan fingerprint density at radius 2 is 1.76 bits per heavy atom. The van der Waals surface area contributed by atoms with E-state index in [-0.39, 0.29) is 12.5 Å². The van der Waals surface area contributed by atoms with Gasteiger partial charge in [-0.1, -0.05) is 48.5 Å². The number of para-hydroxylation sites is 1. The summed E-state index contributed by atoms with van der Waals surface area (Å²) >= 11 is 0. The minimum atomic E-state index is -0.548. The van der Waals surface area contributed by atoms with Gasteiger partial charge in [-0.25, -0.2) is 4.79 Å². The summed E-state index contributed by atoms with van der Waals surface area (Å²) in [5.41, 5.74) is 0.614. The topological polar surface area (TPSA) is 86.2 Å². The smallest absolute Gasteiger partial charge is 0.331 e. The molecule has 0 radical (unpaired) electrons. The van der Waals surface area contributed by atoms with Gasteiger partial charge in [0, 0.05) is 24.7 Å². The molecule has 0 unspecified atom stereocenters. The van der Waals surface area contributed by atoms with Crippen molar-refractivity contribution in [3.05, 3.63) is 105 Å². The normalized spacial score (nSPS) is 12.0. The van der Waals surface area contributed by atoms with Crippen LogP contribution in [0.5, 0.6) is 0 Å². The van der Waals surface area contributed by atoms with Gasteiger partial charge in [0.05, 0.1) is 0 Å². The monoisotopic (exact) mass is 389 g/mol. The molecule has 146 valence electrons. The molecule has 0 aliphatic rings. The number of nitrogens with one attached hydrogen (secondary N) is 1. The van der Waals surface area contributed by atoms with Crippen LogP contribution in [0.3, 0.4) is 0 Å². The fourth-order valence-electron chi connectivity index (χ4n) is 3.21. The number of nitrogens with zero attached hydrogens (tertiary/aromatic N) is 2. The highest BCUT2D eigenvalue weighted by Gasteiger charge is 2.21. The van der Waals surface area contributed by atoms with E-state index in [1.807, 2.05) is 60.7 Å². The van der Waals surface area contributed by atoms with Gasteiger partial charge in [0.25, 0.3) is 5.56 Å². The average Bonchev–Trinajstić information content (AvgIpc) is 3.17. The number of carbonyl (C=O) groups is 1. The van der Waals surface area contributed by atoms with Gasteiger partial charge in [-0.3, -0.25) is 18.7 Å². The summed E-state index contributed by atoms with van der Waals surface area (Å²) in [6, 6.07) is 19.7. The molecule has 4 aromatic rings. The number of carbonyl (C=O) groups excluding carboxylic acids is 1. The molecule has 0 spiro atoms. The van der Waals surface area contributed by atoms with E-state index in [2.05, 4.69) is 5.32 Å². The molecule has 7 nitrogen and oxygen atoms in total. The fourth-order valence-corrected chi connectivity index (χ4v) is 3.21. The van der Waals surface area contributed by atoms with Crippen molar-refractivity contribution in [2.24, 2.45) is 7.05 Å². The van der Waals surface area contributed by atoms with Crippen molar-refractivity contribution in [2.45, 2.75) is 12.6 Å². The zero-order chi connectivity index (χ0) is 20.4. The van der Waals surface area contributed by atoms with Crippen LogP contribution in [0.25, 0.3) is 11.0 Å². The summed E-state index contributed by atoms with van der Waals surface area (Å²) in [5, 5.41) is 3.88. The molecule has 2 aromatic heterocycles. The van der Waals surface area contributed by atoms with E-state index < -0.39 is 17.3 Å². The van der Waals surface area contributed by atoms with Crippen LogP contribution in [0, 0.1) is 0 Å². The molecule has 1 amide bonds. The molecule has 0 aliphatic carbocycles. The van der Waals surface area contributed by atoms with Crippen molar-refractivity contribution in [3.8, 4) is 0 Å². The number of aromatic nitrogens is 2. The Morgan fingerprint density at radius 1 is 1.03 bits per heavy atom. The van der Waals surface area contributed by atoms with E-state index >= 15 is 0 Å². The molecule has 2 heterocycles. The Bertz CT molecular complexity index is 1250. The Labute approximate surface area is 165 Å². The quantitative estimate of drug-likeness (QED) is 0.567. The van der Waals surface area contributed by atoms with Gasteiger partial charge in [-0.2, -0.15) is 0 Å². The summed E-state index contributed by atoms with van der Waals surface area (Å²) in [6.07, 6.45) is 1.32. The molecular formula is C22H19N3O4. The maximum absolute atomic E-state index is 12.7. The van der Waals surface area contributed by atoms with Crippen LogP contribution in [-0.4, -0.2) is 15.0 Å². The number of hydrogen-bond acceptors (Lipinski definition) is 4. The van der Waals surface area contributed by atoms with Gasteiger partial charge in [0.2, 0.25) is 5.91 Å². The van der Waals surface area contributed by atoms with E-state index in [0.29, 0.717) is 5.76 Å². The third-order valence-corrected chi connectivity index (χ3v) is 4.74. The summed E-state index contributed by atoms with van der Waals surface area (Å²) in [4.78, 5) is 36.5. The summed E-state index contributed by atoms with van der Waals surface area (Å²) < 4.78 is 8.12. The molecule has 4 rings (SSSR count). The molecule has 0 saturated carbocycles. The van der Waals surface area contributed by atoms with Crippen molar-refractivity contribution < 1.29 is 9.21 Å². The van der Waals surface area contributed by atoms with Gasteiger partial charge in [0.15, 0.2) is 0 Å². The van der Waals surface area contributed by atoms with Crippen LogP contribution in [0.15, 0.2) is 86.9 Å². The van der Waals surface area contributed by atoms with Crippen molar-refractivity contribution in [1.29, 1.82) is 0 Å². The SMILES string of the molecule is Cn1c(=O)ccn(CC(=O)N[C@@H](c2ccccc2)c2cc3ccccc3o2)c1=O. The standard InChI is InChI=1S/C22H19N3O4/c1-24-20(27)11-12-25(22(24)28)14-19(26)23-21(15-7-3-2-4-8-15)18-13-16-9-5-6-10-17(16)29-18/h2-13,21H,14H2,1H3,(H,23,26)/t21-/m0/s1. The van der Waals surface area contributed by atoms with Crippen molar-refractivity contribution in [1.82, 2.24) is 14.5 Å². The molecule has 1 atom stereocenters. The number of hydrogen-bond donors (Lipinski definition) is 1. The van der Waals surface area contributed by atoms with E-state index in [1.54, 1.807) is 0 Å². The first kappa shape index (κ1) is 18.5. The lowest BCUT2D eigenvalue weighted by Gasteiger charge is -2.17. The molecule has 0 aliphatic heterocycles. The lowest BCUT2D eigenvalue weighted by molar-refractivity contribution is -0.122. The second-order valence-corrected chi connectivity index (χ2v) is 6.72. The first-order chi connectivity index (χ1) is 14.0. The molecular weight excluding hydrogens is 370 g/mol. The lowest BCUT2D eigenvalue weighted by atomic mass is 10.0. The average molecular weight is 389 g/mol. The van der Waals surface area contributed by atoms with E-state index in [4.69, 9.17) is 4.42 Å². The second-order valence-electron chi connectivity index (χ2n) is 6.72. The minimum Gasteiger partial charge on any atom is -0.459 e. The number of benzene rings is 2. The largest absolute Gasteiger partial charge is 0.459 e. The van der Waals surface area contributed by atoms with E-state index in [9.17, 15) is 14.4 Å². The third kappa shape index (κ3) is 3.75. The maximum atomic E-state index is 12.7. The minimum absolute atomic E-state index is 0.212. The van der Waals surface area contributed by atoms with Crippen LogP contribution in [0.4, 0.5) is 0 Å². The van der Waals surface area contributed by atoms with E-state index in [1.165, 1.54) is 23.9 Å². The number of rotatable bonds is 5. The highest BCUT2D eigenvalue weighted by atomic mass is 16.3. The predicted octanol–water partition coefficient (Wildman–Crippen LogP) is 2.20. The molecule has 0 bridgehead atoms. The third-order valence-electron chi connectivity index (χ3n) is 4.74. The Morgan fingerprint density at radius 3 is 2.52 bits per heavy atom. The Hall–Kier alpha value is -3.87. The van der Waals surface area contributed by atoms with Gasteiger partial charge in [-0.05, 0) is 17.7 Å². The van der Waals surface area contributed by atoms with Crippen molar-refractivity contribution in [2.75, 3.05) is 0 Å². The summed E-state index contributed by atoms with van der Waals surface area (Å²) in [6.45, 7) is -0.212. The molecule has 1 N–H and O–H groups in total. The van der Waals surface area contributed by atoms with Crippen LogP contribution >= 0.6 is 0 Å². The predicted molar refractivity (Wildman–Crippen MR) is 109 cm³/mol. The zero-order valence-corrected chi connectivity index (χ0v) is 15.7. The lowest BCUT2D eigenvalue weighted by Crippen LogP contribution is -2.41. The number of fused-ring (bicyclic) bond motifs is 1. The van der Waals surface area contributed by atoms with E-state index in [0.717, 1.165) is 21.1 Å². The van der Waals surface area contributed by atoms with Crippen LogP contribution < -0.4 is 16.6 Å². The van der Waals surface area contributed by atoms with Crippen LogP contribution in [0.2, 0.25) is 0 Å². The van der Waals surface area contributed by atoms with Crippen LogP contribution in [0.1, 0.15) is 17.4 Å². The zero-order valence-electron chi connectivity index (χ0n) is 15.7. The molecule has 0 fully saturated rings. The molecule has 7 heteroatoms. The molecule has 0 saturated heterocycles. The molecule has 2 aromatic carbocycles. The molecule has 29 heavy (non-hydrogen) atoms. The van der Waals surface area contributed by atoms with Gasteiger partial charge < -0.3 is 9.73 Å². The highest BCUT2D eigenvalue weighted by molar-refractivity contribution is 5.79. The summed E-state index contributed by atoms with van der Waals surface area (Å²) in [5.74, 6) is 0.221. The second kappa shape index (κ2) is 7.63. The number of amides is 1. The van der Waals surface area contributed by atoms with Gasteiger partial charge >= 0.3 is 5.69 Å². The van der Waals surface area contributed by atoms with Crippen molar-refractivity contribution in [3.63, 3.8) is 0 Å². The fraction of sp³-hybridized carbons (Fsp3) is 0.136. The summed E-state index contributed by atoms with van der Waals surface area (Å²) in [7, 11) is 1.38. The van der Waals surface area contributed by atoms with Gasteiger partial charge in [-0.15, -0.1) is 0 Å². The Balaban J connectivity index is 1.65. The van der Waals surface area contributed by atoms with Crippen molar-refractivity contribution >= 4 is 16.9 Å². The first-order valence-corrected chi connectivity index (χ1v) is 9.12. The van der Waals surface area contributed by atoms with Crippen LogP contribution in [-0.2, 0) is 18.4 Å². The highest BCUT2D eigenvalue weighted by Crippen LogP contribution is 2.28. The first-order valence-electron chi connectivity index (χ1n) is 9.12. The number of furan rings is 1. The Kier molecular flexibility index (Phi) is 4.87.